The number of rotatable bonds is 4. The number of fused-ring (bicyclic) bond motifs is 1. The number of Topliss-reactive ketones (excluding diaryl/α,β-unsaturated/α-hetero) is 1. The molecule has 1 N–H and O–H groups in total. The number of hydrogen-bond acceptors (Lipinski definition) is 7. The number of amides is 1. The van der Waals surface area contributed by atoms with Gasteiger partial charge >= 0.3 is 0 Å². The smallest absolute Gasteiger partial charge is 0.253 e. The lowest BCUT2D eigenvalue weighted by atomic mass is 9.78. The SMILES string of the molecule is CC1(C)CC(=O)c2sc(NC(=O)C3CCCCN3S(=O)(=O)c3cccs3)nc2C1. The van der Waals surface area contributed by atoms with E-state index in [4.69, 9.17) is 0 Å². The van der Waals surface area contributed by atoms with Crippen LogP contribution in [0.25, 0.3) is 0 Å². The summed E-state index contributed by atoms with van der Waals surface area (Å²) in [5, 5.41) is 4.86. The van der Waals surface area contributed by atoms with Gasteiger partial charge in [-0.3, -0.25) is 9.59 Å². The number of carbonyl (C=O) groups is 2. The molecule has 1 saturated heterocycles. The van der Waals surface area contributed by atoms with Gasteiger partial charge in [-0.05, 0) is 36.1 Å². The number of nitrogens with one attached hydrogen (secondary N) is 1. The van der Waals surface area contributed by atoms with Crippen LogP contribution in [0.1, 0.15) is 54.9 Å². The Morgan fingerprint density at radius 1 is 1.31 bits per heavy atom. The largest absolute Gasteiger partial charge is 0.301 e. The second-order valence-corrected chi connectivity index (χ2v) is 12.3. The fourth-order valence-corrected chi connectivity index (χ4v) is 7.64. The van der Waals surface area contributed by atoms with E-state index in [0.717, 1.165) is 29.9 Å². The summed E-state index contributed by atoms with van der Waals surface area (Å²) < 4.78 is 27.5. The zero-order valence-electron chi connectivity index (χ0n) is 16.3. The number of carbonyl (C=O) groups excluding carboxylic acids is 2. The molecule has 0 spiro atoms. The molecule has 7 nitrogen and oxygen atoms in total. The van der Waals surface area contributed by atoms with Crippen LogP contribution in [0.2, 0.25) is 0 Å². The van der Waals surface area contributed by atoms with E-state index in [-0.39, 0.29) is 21.3 Å². The predicted molar refractivity (Wildman–Crippen MR) is 113 cm³/mol. The van der Waals surface area contributed by atoms with Crippen molar-refractivity contribution in [3.8, 4) is 0 Å². The van der Waals surface area contributed by atoms with Crippen molar-refractivity contribution in [1.29, 1.82) is 0 Å². The lowest BCUT2D eigenvalue weighted by Gasteiger charge is -2.32. The minimum absolute atomic E-state index is 0.0498. The first-order valence-electron chi connectivity index (χ1n) is 9.56. The summed E-state index contributed by atoms with van der Waals surface area (Å²) in [5.41, 5.74) is 0.576. The van der Waals surface area contributed by atoms with Crippen molar-refractivity contribution in [1.82, 2.24) is 9.29 Å². The van der Waals surface area contributed by atoms with Gasteiger partial charge in [0.2, 0.25) is 5.91 Å². The van der Waals surface area contributed by atoms with E-state index in [0.29, 0.717) is 35.8 Å². The molecule has 2 aromatic rings. The average Bonchev–Trinajstić information content (AvgIpc) is 3.31. The number of hydrogen-bond donors (Lipinski definition) is 1. The quantitative estimate of drug-likeness (QED) is 0.764. The second-order valence-electron chi connectivity index (χ2n) is 8.28. The third-order valence-electron chi connectivity index (χ3n) is 5.28. The summed E-state index contributed by atoms with van der Waals surface area (Å²) in [5.74, 6) is -0.337. The first-order chi connectivity index (χ1) is 13.7. The van der Waals surface area contributed by atoms with E-state index in [1.165, 1.54) is 15.6 Å². The second kappa shape index (κ2) is 7.57. The highest BCUT2D eigenvalue weighted by molar-refractivity contribution is 7.91. The fourth-order valence-electron chi connectivity index (χ4n) is 3.94. The molecule has 1 fully saturated rings. The molecule has 0 aromatic carbocycles. The minimum Gasteiger partial charge on any atom is -0.301 e. The molecule has 1 aliphatic carbocycles. The van der Waals surface area contributed by atoms with Crippen LogP contribution in [-0.4, -0.2) is 42.0 Å². The highest BCUT2D eigenvalue weighted by Gasteiger charge is 2.39. The molecule has 3 heterocycles. The number of sulfonamides is 1. The van der Waals surface area contributed by atoms with Crippen LogP contribution in [0.5, 0.6) is 0 Å². The van der Waals surface area contributed by atoms with Crippen LogP contribution in [-0.2, 0) is 21.2 Å². The van der Waals surface area contributed by atoms with Gasteiger partial charge in [0.05, 0.1) is 10.6 Å². The third-order valence-corrected chi connectivity index (χ3v) is 9.62. The van der Waals surface area contributed by atoms with E-state index in [1.54, 1.807) is 17.5 Å². The van der Waals surface area contributed by atoms with E-state index in [1.807, 2.05) is 13.8 Å². The molecule has 1 atom stereocenters. The standard InChI is InChI=1S/C19H23N3O4S3/c1-19(2)10-12-16(14(23)11-19)28-18(20-12)21-17(24)13-6-3-4-8-22(13)29(25,26)15-7-5-9-27-15/h5,7,9,13H,3-4,6,8,10-11H2,1-2H3,(H,20,21,24). The van der Waals surface area contributed by atoms with Gasteiger partial charge in [0, 0.05) is 13.0 Å². The fraction of sp³-hybridized carbons (Fsp3) is 0.526. The Morgan fingerprint density at radius 3 is 2.83 bits per heavy atom. The van der Waals surface area contributed by atoms with Gasteiger partial charge in [-0.1, -0.05) is 37.7 Å². The molecular weight excluding hydrogens is 430 g/mol. The van der Waals surface area contributed by atoms with Crippen LogP contribution in [0.4, 0.5) is 5.13 Å². The van der Waals surface area contributed by atoms with Crippen molar-refractivity contribution >= 4 is 49.5 Å². The maximum Gasteiger partial charge on any atom is 0.253 e. The Kier molecular flexibility index (Phi) is 5.39. The summed E-state index contributed by atoms with van der Waals surface area (Å²) >= 11 is 2.33. The van der Waals surface area contributed by atoms with Crippen molar-refractivity contribution in [2.24, 2.45) is 5.41 Å². The molecular formula is C19H23N3O4S3. The molecule has 10 heteroatoms. The number of thiophene rings is 1. The van der Waals surface area contributed by atoms with Crippen molar-refractivity contribution in [3.63, 3.8) is 0 Å². The van der Waals surface area contributed by atoms with E-state index >= 15 is 0 Å². The minimum atomic E-state index is -3.71. The summed E-state index contributed by atoms with van der Waals surface area (Å²) in [6, 6.07) is 2.48. The zero-order chi connectivity index (χ0) is 20.8. The third kappa shape index (κ3) is 4.03. The van der Waals surface area contributed by atoms with Gasteiger partial charge in [-0.2, -0.15) is 4.31 Å². The molecule has 156 valence electrons. The summed E-state index contributed by atoms with van der Waals surface area (Å²) in [7, 11) is -3.71. The number of anilines is 1. The van der Waals surface area contributed by atoms with E-state index in [2.05, 4.69) is 10.3 Å². The average molecular weight is 454 g/mol. The van der Waals surface area contributed by atoms with Gasteiger partial charge in [-0.25, -0.2) is 13.4 Å². The van der Waals surface area contributed by atoms with Crippen LogP contribution in [0.3, 0.4) is 0 Å². The highest BCUT2D eigenvalue weighted by Crippen LogP contribution is 2.38. The van der Waals surface area contributed by atoms with E-state index in [9.17, 15) is 18.0 Å². The van der Waals surface area contributed by atoms with Crippen molar-refractivity contribution in [3.05, 3.63) is 28.1 Å². The molecule has 0 saturated carbocycles. The number of piperidine rings is 1. The Bertz CT molecular complexity index is 1040. The zero-order valence-corrected chi connectivity index (χ0v) is 18.8. The van der Waals surface area contributed by atoms with Crippen LogP contribution in [0, 0.1) is 5.41 Å². The van der Waals surface area contributed by atoms with Gasteiger partial charge in [0.1, 0.15) is 10.3 Å². The summed E-state index contributed by atoms with van der Waals surface area (Å²) in [6.45, 7) is 4.38. The topological polar surface area (TPSA) is 96.4 Å². The highest BCUT2D eigenvalue weighted by atomic mass is 32.2. The molecule has 4 rings (SSSR count). The maximum absolute atomic E-state index is 13.0. The van der Waals surface area contributed by atoms with Gasteiger partial charge < -0.3 is 5.32 Å². The Balaban J connectivity index is 1.56. The van der Waals surface area contributed by atoms with Gasteiger partial charge in [0.15, 0.2) is 10.9 Å². The molecule has 0 radical (unpaired) electrons. The molecule has 1 amide bonds. The number of aromatic nitrogens is 1. The molecule has 0 bridgehead atoms. The van der Waals surface area contributed by atoms with Gasteiger partial charge in [-0.15, -0.1) is 11.3 Å². The Labute approximate surface area is 178 Å². The van der Waals surface area contributed by atoms with Crippen LogP contribution >= 0.6 is 22.7 Å². The number of ketones is 1. The van der Waals surface area contributed by atoms with Crippen molar-refractivity contribution in [2.75, 3.05) is 11.9 Å². The lowest BCUT2D eigenvalue weighted by molar-refractivity contribution is -0.120. The normalized spacial score (nSPS) is 22.3. The molecule has 29 heavy (non-hydrogen) atoms. The first-order valence-corrected chi connectivity index (χ1v) is 12.7. The van der Waals surface area contributed by atoms with Gasteiger partial charge in [0.25, 0.3) is 10.0 Å². The maximum atomic E-state index is 13.0. The molecule has 1 aliphatic heterocycles. The van der Waals surface area contributed by atoms with E-state index < -0.39 is 16.1 Å². The first kappa shape index (κ1) is 20.6. The van der Waals surface area contributed by atoms with Crippen molar-refractivity contribution < 1.29 is 18.0 Å². The molecule has 2 aromatic heterocycles. The predicted octanol–water partition coefficient (Wildman–Crippen LogP) is 3.54. The molecule has 2 aliphatic rings. The lowest BCUT2D eigenvalue weighted by Crippen LogP contribution is -2.49. The number of thiazole rings is 1. The Morgan fingerprint density at radius 2 is 2.10 bits per heavy atom. The number of nitrogens with zero attached hydrogens (tertiary/aromatic N) is 2. The van der Waals surface area contributed by atoms with Crippen LogP contribution < -0.4 is 5.32 Å². The molecule has 1 unspecified atom stereocenters. The summed E-state index contributed by atoms with van der Waals surface area (Å²) in [6.07, 6.45) is 3.13. The summed E-state index contributed by atoms with van der Waals surface area (Å²) in [4.78, 5) is 30.4. The van der Waals surface area contributed by atoms with Crippen LogP contribution in [0.15, 0.2) is 21.7 Å². The Hall–Kier alpha value is -1.62. The van der Waals surface area contributed by atoms with Crippen molar-refractivity contribution in [2.45, 2.75) is 56.2 Å². The monoisotopic (exact) mass is 453 g/mol.